The number of benzene rings is 4. The average Bonchev–Trinajstić information content (AvgIpc) is 3.27. The number of carbonyl (C=O) groups excluding carboxylic acids is 3. The van der Waals surface area contributed by atoms with Gasteiger partial charge in [-0.15, -0.1) is 0 Å². The summed E-state index contributed by atoms with van der Waals surface area (Å²) < 4.78 is 0. The van der Waals surface area contributed by atoms with Crippen LogP contribution in [0.2, 0.25) is 5.02 Å². The van der Waals surface area contributed by atoms with Crippen molar-refractivity contribution in [2.75, 3.05) is 4.90 Å². The summed E-state index contributed by atoms with van der Waals surface area (Å²) in [6.07, 6.45) is 2.54. The number of amides is 3. The molecule has 0 radical (unpaired) electrons. The van der Waals surface area contributed by atoms with Gasteiger partial charge >= 0.3 is 0 Å². The molecule has 0 saturated carbocycles. The van der Waals surface area contributed by atoms with Crippen LogP contribution in [0.1, 0.15) is 40.2 Å². The fourth-order valence-corrected chi connectivity index (χ4v) is 7.31. The zero-order chi connectivity index (χ0) is 28.1. The Balaban J connectivity index is 1.33. The normalized spacial score (nSPS) is 23.8. The van der Waals surface area contributed by atoms with E-state index in [9.17, 15) is 14.4 Å². The minimum atomic E-state index is -1.05. The van der Waals surface area contributed by atoms with E-state index in [2.05, 4.69) is 10.5 Å². The zero-order valence-electron chi connectivity index (χ0n) is 22.0. The van der Waals surface area contributed by atoms with E-state index in [0.29, 0.717) is 17.1 Å². The van der Waals surface area contributed by atoms with Gasteiger partial charge in [-0.05, 0) is 46.4 Å². The lowest BCUT2D eigenvalue weighted by atomic mass is 9.47. The van der Waals surface area contributed by atoms with Gasteiger partial charge in [-0.1, -0.05) is 103 Å². The molecule has 0 unspecified atom stereocenters. The maximum absolute atomic E-state index is 14.4. The fourth-order valence-electron chi connectivity index (χ4n) is 7.08. The Morgan fingerprint density at radius 1 is 0.829 bits per heavy atom. The van der Waals surface area contributed by atoms with Gasteiger partial charge < -0.3 is 0 Å². The Morgan fingerprint density at radius 2 is 1.44 bits per heavy atom. The smallest absolute Gasteiger partial charge is 0.240 e. The number of anilines is 1. The second kappa shape index (κ2) is 9.82. The van der Waals surface area contributed by atoms with Crippen molar-refractivity contribution in [1.29, 1.82) is 0 Å². The van der Waals surface area contributed by atoms with Crippen LogP contribution in [0.5, 0.6) is 0 Å². The summed E-state index contributed by atoms with van der Waals surface area (Å²) in [6, 6.07) is 32.6. The van der Waals surface area contributed by atoms with Crippen LogP contribution in [0.3, 0.4) is 0 Å². The number of hydrazone groups is 1. The molecule has 2 bridgehead atoms. The summed E-state index contributed by atoms with van der Waals surface area (Å²) in [5.41, 5.74) is 6.93. The van der Waals surface area contributed by atoms with Gasteiger partial charge in [-0.25, -0.2) is 10.3 Å². The minimum absolute atomic E-state index is 0.226. The number of hydrogen-bond acceptors (Lipinski definition) is 4. The summed E-state index contributed by atoms with van der Waals surface area (Å²) in [7, 11) is 0. The number of nitrogens with zero attached hydrogens (tertiary/aromatic N) is 2. The number of imide groups is 1. The number of aryl methyl sites for hydroxylation is 1. The number of hydrogen-bond donors (Lipinski definition) is 1. The Bertz CT molecular complexity index is 1690. The van der Waals surface area contributed by atoms with Crippen molar-refractivity contribution in [3.8, 4) is 0 Å². The second-order valence-corrected chi connectivity index (χ2v) is 11.2. The molecule has 0 spiro atoms. The van der Waals surface area contributed by atoms with Gasteiger partial charge in [-0.3, -0.25) is 14.4 Å². The fraction of sp³-hybridized carbons (Fsp3) is 0.176. The molecule has 4 aliphatic rings. The van der Waals surface area contributed by atoms with Crippen LogP contribution in [-0.4, -0.2) is 23.9 Å². The highest BCUT2D eigenvalue weighted by atomic mass is 35.5. The number of para-hydroxylation sites is 1. The molecule has 7 heteroatoms. The molecule has 2 atom stereocenters. The zero-order valence-corrected chi connectivity index (χ0v) is 22.8. The molecule has 41 heavy (non-hydrogen) atoms. The molecule has 6 nitrogen and oxygen atoms in total. The third-order valence-corrected chi connectivity index (χ3v) is 9.04. The molecule has 4 aromatic carbocycles. The highest BCUT2D eigenvalue weighted by molar-refractivity contribution is 6.36. The SMILES string of the molecule is O=C(CCc1ccccc1)N/N=C\C12c3ccccc3C(c3ccccc31)[C@@H]1C(=O)N(c3ccccc3Cl)C(=O)[C@@H]12. The molecular weight excluding hydrogens is 534 g/mol. The highest BCUT2D eigenvalue weighted by Gasteiger charge is 2.68. The van der Waals surface area contributed by atoms with Crippen LogP contribution >= 0.6 is 11.6 Å². The molecule has 1 aliphatic heterocycles. The van der Waals surface area contributed by atoms with E-state index in [1.807, 2.05) is 78.9 Å². The van der Waals surface area contributed by atoms with Crippen LogP contribution < -0.4 is 10.3 Å². The maximum atomic E-state index is 14.4. The highest BCUT2D eigenvalue weighted by Crippen LogP contribution is 2.63. The van der Waals surface area contributed by atoms with Crippen molar-refractivity contribution < 1.29 is 14.4 Å². The van der Waals surface area contributed by atoms with Gasteiger partial charge in [0.15, 0.2) is 0 Å². The Labute approximate surface area is 242 Å². The lowest BCUT2D eigenvalue weighted by Gasteiger charge is -2.52. The first-order valence-corrected chi connectivity index (χ1v) is 14.1. The first-order chi connectivity index (χ1) is 20.0. The summed E-state index contributed by atoms with van der Waals surface area (Å²) in [5, 5.41) is 4.81. The molecule has 3 aliphatic carbocycles. The van der Waals surface area contributed by atoms with Gasteiger partial charge in [0.25, 0.3) is 0 Å². The summed E-state index contributed by atoms with van der Waals surface area (Å²) in [6.45, 7) is 0. The largest absolute Gasteiger partial charge is 0.274 e. The monoisotopic (exact) mass is 559 g/mol. The Hall–Kier alpha value is -4.55. The van der Waals surface area contributed by atoms with Crippen LogP contribution in [0.25, 0.3) is 0 Å². The second-order valence-electron chi connectivity index (χ2n) is 10.8. The van der Waals surface area contributed by atoms with E-state index in [-0.39, 0.29) is 30.1 Å². The number of rotatable bonds is 6. The van der Waals surface area contributed by atoms with E-state index < -0.39 is 17.3 Å². The van der Waals surface area contributed by atoms with Crippen LogP contribution in [0.4, 0.5) is 5.69 Å². The third-order valence-electron chi connectivity index (χ3n) is 8.72. The first kappa shape index (κ1) is 25.4. The molecule has 202 valence electrons. The lowest BCUT2D eigenvalue weighted by molar-refractivity contribution is -0.123. The van der Waals surface area contributed by atoms with E-state index in [4.69, 9.17) is 11.6 Å². The van der Waals surface area contributed by atoms with Crippen LogP contribution in [-0.2, 0) is 26.2 Å². The number of halogens is 1. The van der Waals surface area contributed by atoms with Crippen LogP contribution in [0.15, 0.2) is 108 Å². The number of nitrogens with one attached hydrogen (secondary N) is 1. The minimum Gasteiger partial charge on any atom is -0.274 e. The predicted octanol–water partition coefficient (Wildman–Crippen LogP) is 5.63. The summed E-state index contributed by atoms with van der Waals surface area (Å²) in [5.74, 6) is -2.48. The van der Waals surface area contributed by atoms with E-state index in [0.717, 1.165) is 27.8 Å². The molecule has 0 aromatic heterocycles. The van der Waals surface area contributed by atoms with Gasteiger partial charge in [0, 0.05) is 18.6 Å². The van der Waals surface area contributed by atoms with Gasteiger partial charge in [-0.2, -0.15) is 5.10 Å². The molecule has 1 saturated heterocycles. The van der Waals surface area contributed by atoms with E-state index in [1.54, 1.807) is 30.5 Å². The quantitative estimate of drug-likeness (QED) is 0.189. The third kappa shape index (κ3) is 3.78. The molecule has 8 rings (SSSR count). The van der Waals surface area contributed by atoms with Crippen molar-refractivity contribution >= 4 is 41.2 Å². The Morgan fingerprint density at radius 3 is 2.12 bits per heavy atom. The van der Waals surface area contributed by atoms with Gasteiger partial charge in [0.2, 0.25) is 17.7 Å². The lowest BCUT2D eigenvalue weighted by Crippen LogP contribution is -2.54. The van der Waals surface area contributed by atoms with Crippen molar-refractivity contribution in [2.24, 2.45) is 16.9 Å². The standard InChI is InChI=1S/C34H26ClN3O3/c35-26-16-8-9-17-27(26)38-32(40)30-29-22-12-4-6-14-24(22)34(31(30)33(38)41,25-15-7-5-13-23(25)29)20-36-37-28(39)19-18-21-10-2-1-3-11-21/h1-17,20,29-31H,18-19H2,(H,37,39)/b36-20-/t29?,30-,31+,34?/m0/s1. The van der Waals surface area contributed by atoms with Gasteiger partial charge in [0.05, 0.1) is 28.0 Å². The molecule has 4 aromatic rings. The maximum Gasteiger partial charge on any atom is 0.240 e. The topological polar surface area (TPSA) is 78.8 Å². The van der Waals surface area contributed by atoms with E-state index >= 15 is 0 Å². The number of carbonyl (C=O) groups is 3. The van der Waals surface area contributed by atoms with Crippen molar-refractivity contribution in [3.05, 3.63) is 136 Å². The van der Waals surface area contributed by atoms with Crippen molar-refractivity contribution in [2.45, 2.75) is 24.2 Å². The average molecular weight is 560 g/mol. The molecule has 1 N–H and O–H groups in total. The Kier molecular flexibility index (Phi) is 6.09. The summed E-state index contributed by atoms with van der Waals surface area (Å²) >= 11 is 6.51. The first-order valence-electron chi connectivity index (χ1n) is 13.7. The van der Waals surface area contributed by atoms with Crippen molar-refractivity contribution in [3.63, 3.8) is 0 Å². The summed E-state index contributed by atoms with van der Waals surface area (Å²) in [4.78, 5) is 42.6. The molecule has 3 amide bonds. The van der Waals surface area contributed by atoms with Gasteiger partial charge in [0.1, 0.15) is 0 Å². The van der Waals surface area contributed by atoms with Crippen LogP contribution in [0, 0.1) is 11.8 Å². The van der Waals surface area contributed by atoms with E-state index in [1.165, 1.54) is 4.90 Å². The predicted molar refractivity (Wildman–Crippen MR) is 158 cm³/mol. The molecule has 1 fully saturated rings. The van der Waals surface area contributed by atoms with Crippen molar-refractivity contribution in [1.82, 2.24) is 5.43 Å². The molecular formula is C34H26ClN3O3. The molecule has 1 heterocycles.